The fourth-order valence-electron chi connectivity index (χ4n) is 3.71. The van der Waals surface area contributed by atoms with Crippen molar-refractivity contribution in [3.05, 3.63) is 83.9 Å². The molecule has 0 aromatic heterocycles. The molecular weight excluding hydrogens is 426 g/mol. The summed E-state index contributed by atoms with van der Waals surface area (Å²) in [5, 5.41) is 12.9. The average molecular weight is 456 g/mol. The van der Waals surface area contributed by atoms with Gasteiger partial charge in [0.15, 0.2) is 5.56 Å². The molecule has 0 saturated carbocycles. The SMILES string of the molecule is CN(C)CCN(Cc1ccccc1)Cc1cccc(-c2ccc3c(c2)SC(O)N3)c1.Cl. The van der Waals surface area contributed by atoms with Crippen LogP contribution in [-0.2, 0) is 13.1 Å². The van der Waals surface area contributed by atoms with Gasteiger partial charge in [0.2, 0.25) is 0 Å². The maximum atomic E-state index is 9.81. The molecule has 4 rings (SSSR count). The topological polar surface area (TPSA) is 38.7 Å². The second-order valence-electron chi connectivity index (χ2n) is 8.03. The lowest BCUT2D eigenvalue weighted by molar-refractivity contribution is 0.226. The molecule has 0 amide bonds. The van der Waals surface area contributed by atoms with E-state index < -0.39 is 5.56 Å². The lowest BCUT2D eigenvalue weighted by atomic mass is 10.0. The summed E-state index contributed by atoms with van der Waals surface area (Å²) in [5.74, 6) is 0. The largest absolute Gasteiger partial charge is 0.364 e. The summed E-state index contributed by atoms with van der Waals surface area (Å²) < 4.78 is 0. The van der Waals surface area contributed by atoms with Crippen LogP contribution in [0.3, 0.4) is 0 Å². The van der Waals surface area contributed by atoms with Crippen molar-refractivity contribution in [2.24, 2.45) is 0 Å². The van der Waals surface area contributed by atoms with E-state index in [0.29, 0.717) is 0 Å². The van der Waals surface area contributed by atoms with E-state index in [1.54, 1.807) is 0 Å². The van der Waals surface area contributed by atoms with E-state index in [9.17, 15) is 5.11 Å². The minimum atomic E-state index is -0.551. The van der Waals surface area contributed by atoms with Gasteiger partial charge in [0.1, 0.15) is 0 Å². The molecule has 0 saturated heterocycles. The van der Waals surface area contributed by atoms with Gasteiger partial charge in [-0.15, -0.1) is 12.4 Å². The highest BCUT2D eigenvalue weighted by molar-refractivity contribution is 8.00. The van der Waals surface area contributed by atoms with Crippen molar-refractivity contribution in [2.75, 3.05) is 32.5 Å². The maximum absolute atomic E-state index is 9.81. The third kappa shape index (κ3) is 6.48. The minimum absolute atomic E-state index is 0. The van der Waals surface area contributed by atoms with Crippen LogP contribution in [0, 0.1) is 0 Å². The van der Waals surface area contributed by atoms with Crippen molar-refractivity contribution >= 4 is 29.9 Å². The number of hydrogen-bond donors (Lipinski definition) is 2. The van der Waals surface area contributed by atoms with Crippen LogP contribution in [0.25, 0.3) is 11.1 Å². The number of halogens is 1. The highest BCUT2D eigenvalue weighted by Gasteiger charge is 2.19. The Morgan fingerprint density at radius 3 is 2.32 bits per heavy atom. The molecule has 1 unspecified atom stereocenters. The smallest absolute Gasteiger partial charge is 0.178 e. The number of aliphatic hydroxyl groups is 1. The van der Waals surface area contributed by atoms with Crippen LogP contribution in [0.5, 0.6) is 0 Å². The molecule has 0 radical (unpaired) electrons. The Balaban J connectivity index is 0.00000272. The molecule has 3 aromatic rings. The summed E-state index contributed by atoms with van der Waals surface area (Å²) in [5.41, 5.74) is 5.50. The van der Waals surface area contributed by atoms with Crippen LogP contribution < -0.4 is 5.32 Å². The Morgan fingerprint density at radius 2 is 1.55 bits per heavy atom. The number of thioether (sulfide) groups is 1. The number of aliphatic hydroxyl groups excluding tert-OH is 1. The van der Waals surface area contributed by atoms with Gasteiger partial charge >= 0.3 is 0 Å². The highest BCUT2D eigenvalue weighted by Crippen LogP contribution is 2.39. The number of rotatable bonds is 8. The number of hydrogen-bond acceptors (Lipinski definition) is 5. The molecule has 2 N–H and O–H groups in total. The fourth-order valence-corrected chi connectivity index (χ4v) is 4.58. The lowest BCUT2D eigenvalue weighted by Gasteiger charge is -2.24. The molecule has 1 aliphatic heterocycles. The van der Waals surface area contributed by atoms with Gasteiger partial charge in [-0.1, -0.05) is 66.4 Å². The summed E-state index contributed by atoms with van der Waals surface area (Å²) >= 11 is 1.46. The van der Waals surface area contributed by atoms with E-state index in [1.165, 1.54) is 34.0 Å². The van der Waals surface area contributed by atoms with Gasteiger partial charge in [0, 0.05) is 31.1 Å². The molecular formula is C25H30ClN3OS. The Labute approximate surface area is 195 Å². The number of anilines is 1. The van der Waals surface area contributed by atoms with Gasteiger partial charge in [-0.3, -0.25) is 4.90 Å². The van der Waals surface area contributed by atoms with Gasteiger partial charge in [-0.2, -0.15) is 0 Å². The van der Waals surface area contributed by atoms with Gasteiger partial charge < -0.3 is 15.3 Å². The van der Waals surface area contributed by atoms with E-state index in [1.807, 2.05) is 0 Å². The van der Waals surface area contributed by atoms with Crippen molar-refractivity contribution < 1.29 is 5.11 Å². The highest BCUT2D eigenvalue weighted by atomic mass is 35.5. The van der Waals surface area contributed by atoms with Crippen LogP contribution in [0.1, 0.15) is 11.1 Å². The van der Waals surface area contributed by atoms with Crippen molar-refractivity contribution in [3.63, 3.8) is 0 Å². The first-order valence-corrected chi connectivity index (χ1v) is 11.2. The predicted octanol–water partition coefficient (Wildman–Crippen LogP) is 5.13. The zero-order valence-corrected chi connectivity index (χ0v) is 19.6. The summed E-state index contributed by atoms with van der Waals surface area (Å²) in [4.78, 5) is 5.84. The van der Waals surface area contributed by atoms with Crippen LogP contribution in [0.2, 0.25) is 0 Å². The molecule has 3 aromatic carbocycles. The molecule has 0 bridgehead atoms. The van der Waals surface area contributed by atoms with Crippen molar-refractivity contribution in [2.45, 2.75) is 23.5 Å². The third-order valence-corrected chi connectivity index (χ3v) is 6.21. The molecule has 0 spiro atoms. The van der Waals surface area contributed by atoms with E-state index in [4.69, 9.17) is 0 Å². The second kappa shape index (κ2) is 11.0. The summed E-state index contributed by atoms with van der Waals surface area (Å²) in [6, 6.07) is 25.8. The molecule has 164 valence electrons. The van der Waals surface area contributed by atoms with E-state index in [0.717, 1.165) is 36.8 Å². The van der Waals surface area contributed by atoms with Crippen molar-refractivity contribution in [3.8, 4) is 11.1 Å². The van der Waals surface area contributed by atoms with E-state index in [2.05, 4.69) is 102 Å². The summed E-state index contributed by atoms with van der Waals surface area (Å²) in [7, 11) is 4.25. The van der Waals surface area contributed by atoms with Crippen LogP contribution >= 0.6 is 24.2 Å². The number of nitrogens with one attached hydrogen (secondary N) is 1. The predicted molar refractivity (Wildman–Crippen MR) is 134 cm³/mol. The lowest BCUT2D eigenvalue weighted by Crippen LogP contribution is -2.31. The molecule has 0 fully saturated rings. The number of benzene rings is 3. The van der Waals surface area contributed by atoms with Gasteiger partial charge in [0.05, 0.1) is 5.69 Å². The molecule has 1 atom stereocenters. The molecule has 4 nitrogen and oxygen atoms in total. The number of nitrogens with zero attached hydrogens (tertiary/aromatic N) is 2. The first kappa shape index (κ1) is 23.6. The van der Waals surface area contributed by atoms with E-state index in [-0.39, 0.29) is 12.4 Å². The zero-order chi connectivity index (χ0) is 20.9. The monoisotopic (exact) mass is 455 g/mol. The number of likely N-dealkylation sites (N-methyl/N-ethyl adjacent to an activating group) is 1. The van der Waals surface area contributed by atoms with Gasteiger partial charge in [-0.05, 0) is 54.5 Å². The maximum Gasteiger partial charge on any atom is 0.178 e. The first-order valence-electron chi connectivity index (χ1n) is 10.3. The first-order chi connectivity index (χ1) is 14.6. The van der Waals surface area contributed by atoms with Gasteiger partial charge in [-0.25, -0.2) is 0 Å². The van der Waals surface area contributed by atoms with Gasteiger partial charge in [0.25, 0.3) is 0 Å². The summed E-state index contributed by atoms with van der Waals surface area (Å²) in [6.07, 6.45) is 0. The Kier molecular flexibility index (Phi) is 8.41. The van der Waals surface area contributed by atoms with Crippen LogP contribution in [-0.4, -0.2) is 47.7 Å². The van der Waals surface area contributed by atoms with Crippen molar-refractivity contribution in [1.29, 1.82) is 0 Å². The Morgan fingerprint density at radius 1 is 0.839 bits per heavy atom. The summed E-state index contributed by atoms with van der Waals surface area (Å²) in [6.45, 7) is 3.91. The third-order valence-electron chi connectivity index (χ3n) is 5.28. The molecule has 31 heavy (non-hydrogen) atoms. The minimum Gasteiger partial charge on any atom is -0.364 e. The average Bonchev–Trinajstić information content (AvgIpc) is 3.12. The van der Waals surface area contributed by atoms with E-state index >= 15 is 0 Å². The molecule has 6 heteroatoms. The molecule has 1 heterocycles. The molecule has 1 aliphatic rings. The fraction of sp³-hybridized carbons (Fsp3) is 0.280. The Bertz CT molecular complexity index is 984. The number of fused-ring (bicyclic) bond motifs is 1. The van der Waals surface area contributed by atoms with Crippen LogP contribution in [0.15, 0.2) is 77.7 Å². The second-order valence-corrected chi connectivity index (χ2v) is 9.15. The van der Waals surface area contributed by atoms with Crippen LogP contribution in [0.4, 0.5) is 5.69 Å². The quantitative estimate of drug-likeness (QED) is 0.492. The molecule has 0 aliphatic carbocycles. The zero-order valence-electron chi connectivity index (χ0n) is 18.0. The standard InChI is InChI=1S/C25H29N3OS.ClH/c1-27(2)13-14-28(17-19-7-4-3-5-8-19)18-20-9-6-10-21(15-20)22-11-12-23-24(16-22)30-25(29)26-23;/h3-12,15-16,25-26,29H,13-14,17-18H2,1-2H3;1H. The normalized spacial score (nSPS) is 14.9. The van der Waals surface area contributed by atoms with Crippen molar-refractivity contribution in [1.82, 2.24) is 9.80 Å². The Hall–Kier alpha value is -2.02.